The largest absolute Gasteiger partial charge is 0.507 e. The number of benzene rings is 2. The number of fused-ring (bicyclic) bond motifs is 1. The second-order valence-electron chi connectivity index (χ2n) is 5.79. The van der Waals surface area contributed by atoms with Crippen molar-refractivity contribution in [1.29, 1.82) is 0 Å². The van der Waals surface area contributed by atoms with Crippen LogP contribution in [-0.2, 0) is 0 Å². The number of para-hydroxylation sites is 1. The Balaban J connectivity index is 2.24. The molecule has 2 N–H and O–H groups in total. The molecule has 3 rings (SSSR count). The first-order valence-corrected chi connectivity index (χ1v) is 8.06. The highest BCUT2D eigenvalue weighted by Crippen LogP contribution is 2.36. The van der Waals surface area contributed by atoms with Crippen molar-refractivity contribution in [3.63, 3.8) is 0 Å². The Morgan fingerprint density at radius 2 is 1.88 bits per heavy atom. The molecule has 1 heterocycles. The fraction of sp³-hybridized carbons (Fsp3) is 0.158. The van der Waals surface area contributed by atoms with E-state index in [1.807, 2.05) is 0 Å². The molecule has 2 aromatic carbocycles. The molecule has 0 saturated heterocycles. The maximum Gasteiger partial charge on any atom is 0.343 e. The van der Waals surface area contributed by atoms with Gasteiger partial charge in [0.2, 0.25) is 0 Å². The number of hydrogen-bond donors (Lipinski definition) is 2. The van der Waals surface area contributed by atoms with Crippen LogP contribution in [0, 0.1) is 0 Å². The van der Waals surface area contributed by atoms with Gasteiger partial charge >= 0.3 is 5.63 Å². The Labute approximate surface area is 148 Å². The van der Waals surface area contributed by atoms with Crippen LogP contribution in [0.25, 0.3) is 11.0 Å². The van der Waals surface area contributed by atoms with E-state index in [4.69, 9.17) is 21.2 Å². The quantitative estimate of drug-likeness (QED) is 0.311. The molecular formula is C19H16ClNO4. The van der Waals surface area contributed by atoms with Gasteiger partial charge in [0, 0.05) is 17.4 Å². The first-order chi connectivity index (χ1) is 12.0. The van der Waals surface area contributed by atoms with Crippen LogP contribution in [0.3, 0.4) is 0 Å². The van der Waals surface area contributed by atoms with Gasteiger partial charge in [0.15, 0.2) is 0 Å². The molecule has 1 aromatic heterocycles. The van der Waals surface area contributed by atoms with Crippen molar-refractivity contribution in [2.75, 3.05) is 0 Å². The van der Waals surface area contributed by atoms with Gasteiger partial charge < -0.3 is 14.7 Å². The fourth-order valence-electron chi connectivity index (χ4n) is 2.87. The van der Waals surface area contributed by atoms with Crippen molar-refractivity contribution in [3.8, 4) is 5.75 Å². The highest BCUT2D eigenvalue weighted by Gasteiger charge is 2.25. The summed E-state index contributed by atoms with van der Waals surface area (Å²) < 4.78 is 5.37. The minimum atomic E-state index is -0.623. The molecule has 1 atom stereocenters. The van der Waals surface area contributed by atoms with E-state index in [0.717, 1.165) is 5.56 Å². The second-order valence-corrected chi connectivity index (χ2v) is 6.23. The molecule has 25 heavy (non-hydrogen) atoms. The van der Waals surface area contributed by atoms with Crippen LogP contribution in [0.15, 0.2) is 62.9 Å². The minimum absolute atomic E-state index is 0.127. The predicted octanol–water partition coefficient (Wildman–Crippen LogP) is 4.52. The highest BCUT2D eigenvalue weighted by atomic mass is 35.5. The van der Waals surface area contributed by atoms with Crippen molar-refractivity contribution < 1.29 is 14.7 Å². The van der Waals surface area contributed by atoms with E-state index in [0.29, 0.717) is 21.7 Å². The van der Waals surface area contributed by atoms with Crippen LogP contribution in [0.1, 0.15) is 30.4 Å². The van der Waals surface area contributed by atoms with E-state index in [1.54, 1.807) is 55.5 Å². The molecule has 5 nitrogen and oxygen atoms in total. The highest BCUT2D eigenvalue weighted by molar-refractivity contribution is 6.30. The van der Waals surface area contributed by atoms with E-state index in [1.165, 1.54) is 0 Å². The molecule has 128 valence electrons. The van der Waals surface area contributed by atoms with E-state index < -0.39 is 11.5 Å². The first-order valence-electron chi connectivity index (χ1n) is 7.69. The van der Waals surface area contributed by atoms with Crippen LogP contribution in [0.4, 0.5) is 0 Å². The molecular weight excluding hydrogens is 342 g/mol. The van der Waals surface area contributed by atoms with Crippen molar-refractivity contribution >= 4 is 28.3 Å². The third-order valence-electron chi connectivity index (χ3n) is 4.11. The number of aromatic hydroxyl groups is 1. The standard InChI is InChI=1S/C19H16ClNO4/c1-11(21-24)10-15(12-6-8-13(20)9-7-12)17-18(22)14-4-2-3-5-16(14)25-19(17)23/h2-9,15,22,24H,10H2,1H3. The summed E-state index contributed by atoms with van der Waals surface area (Å²) in [5, 5.41) is 24.0. The Morgan fingerprint density at radius 1 is 1.20 bits per heavy atom. The lowest BCUT2D eigenvalue weighted by molar-refractivity contribution is 0.317. The van der Waals surface area contributed by atoms with Gasteiger partial charge in [0.1, 0.15) is 11.3 Å². The second kappa shape index (κ2) is 6.99. The molecule has 0 aliphatic carbocycles. The van der Waals surface area contributed by atoms with Crippen molar-refractivity contribution in [2.24, 2.45) is 5.16 Å². The molecule has 0 saturated carbocycles. The molecule has 0 fully saturated rings. The van der Waals surface area contributed by atoms with Crippen LogP contribution in [-0.4, -0.2) is 16.0 Å². The number of oxime groups is 1. The SMILES string of the molecule is CC(CC(c1ccc(Cl)cc1)c1c(O)c2ccccc2oc1=O)=NO. The lowest BCUT2D eigenvalue weighted by atomic mass is 9.87. The summed E-state index contributed by atoms with van der Waals surface area (Å²) in [6.07, 6.45) is 0.245. The van der Waals surface area contributed by atoms with E-state index >= 15 is 0 Å². The van der Waals surface area contributed by atoms with Gasteiger partial charge in [-0.3, -0.25) is 0 Å². The molecule has 0 bridgehead atoms. The van der Waals surface area contributed by atoms with E-state index in [-0.39, 0.29) is 17.7 Å². The Morgan fingerprint density at radius 3 is 2.56 bits per heavy atom. The Bertz CT molecular complexity index is 992. The van der Waals surface area contributed by atoms with E-state index in [9.17, 15) is 9.90 Å². The summed E-state index contributed by atoms with van der Waals surface area (Å²) in [6.45, 7) is 1.64. The summed E-state index contributed by atoms with van der Waals surface area (Å²) >= 11 is 5.94. The third kappa shape index (κ3) is 3.37. The Kier molecular flexibility index (Phi) is 4.76. The number of hydrogen-bond acceptors (Lipinski definition) is 5. The van der Waals surface area contributed by atoms with Gasteiger partial charge in [-0.2, -0.15) is 0 Å². The van der Waals surface area contributed by atoms with Crippen molar-refractivity contribution in [3.05, 3.63) is 75.1 Å². The number of rotatable bonds is 4. The number of nitrogens with zero attached hydrogens (tertiary/aromatic N) is 1. The first kappa shape index (κ1) is 17.0. The zero-order valence-corrected chi connectivity index (χ0v) is 14.2. The molecule has 3 aromatic rings. The van der Waals surface area contributed by atoms with Gasteiger partial charge in [-0.1, -0.05) is 41.0 Å². The van der Waals surface area contributed by atoms with Crippen LogP contribution < -0.4 is 5.63 Å². The predicted molar refractivity (Wildman–Crippen MR) is 97.0 cm³/mol. The summed E-state index contributed by atoms with van der Waals surface area (Å²) in [6, 6.07) is 13.7. The summed E-state index contributed by atoms with van der Waals surface area (Å²) in [5.74, 6) is -0.661. The summed E-state index contributed by atoms with van der Waals surface area (Å²) in [7, 11) is 0. The van der Waals surface area contributed by atoms with Gasteiger partial charge in [-0.25, -0.2) is 4.79 Å². The molecule has 0 spiro atoms. The molecule has 0 aliphatic heterocycles. The summed E-state index contributed by atoms with van der Waals surface area (Å²) in [5.41, 5.74) is 0.999. The molecule has 0 amide bonds. The average molecular weight is 358 g/mol. The molecule has 0 radical (unpaired) electrons. The normalized spacial score (nSPS) is 13.1. The van der Waals surface area contributed by atoms with Crippen LogP contribution >= 0.6 is 11.6 Å². The van der Waals surface area contributed by atoms with Crippen molar-refractivity contribution in [2.45, 2.75) is 19.3 Å². The van der Waals surface area contributed by atoms with Gasteiger partial charge in [0.25, 0.3) is 0 Å². The monoisotopic (exact) mass is 357 g/mol. The minimum Gasteiger partial charge on any atom is -0.507 e. The summed E-state index contributed by atoms with van der Waals surface area (Å²) in [4.78, 5) is 12.6. The molecule has 6 heteroatoms. The average Bonchev–Trinajstić information content (AvgIpc) is 2.61. The maximum atomic E-state index is 12.6. The lowest BCUT2D eigenvalue weighted by Gasteiger charge is -2.18. The smallest absolute Gasteiger partial charge is 0.343 e. The van der Waals surface area contributed by atoms with Crippen molar-refractivity contribution in [1.82, 2.24) is 0 Å². The van der Waals surface area contributed by atoms with Crippen LogP contribution in [0.5, 0.6) is 5.75 Å². The zero-order chi connectivity index (χ0) is 18.0. The topological polar surface area (TPSA) is 83.0 Å². The van der Waals surface area contributed by atoms with Gasteiger partial charge in [-0.15, -0.1) is 0 Å². The van der Waals surface area contributed by atoms with Gasteiger partial charge in [-0.05, 0) is 36.8 Å². The van der Waals surface area contributed by atoms with Gasteiger partial charge in [0.05, 0.1) is 16.7 Å². The van der Waals surface area contributed by atoms with Crippen LogP contribution in [0.2, 0.25) is 5.02 Å². The molecule has 0 aliphatic rings. The zero-order valence-electron chi connectivity index (χ0n) is 13.4. The molecule has 1 unspecified atom stereocenters. The lowest BCUT2D eigenvalue weighted by Crippen LogP contribution is -2.16. The fourth-order valence-corrected chi connectivity index (χ4v) is 3.00. The number of halogens is 1. The third-order valence-corrected chi connectivity index (χ3v) is 4.36. The van der Waals surface area contributed by atoms with E-state index in [2.05, 4.69) is 5.16 Å². The maximum absolute atomic E-state index is 12.6. The Hall–Kier alpha value is -2.79.